The van der Waals surface area contributed by atoms with Crippen LogP contribution in [0, 0.1) is 0 Å². The molecule has 0 N–H and O–H groups in total. The van der Waals surface area contributed by atoms with Gasteiger partial charge in [-0.3, -0.25) is 0 Å². The van der Waals surface area contributed by atoms with Crippen LogP contribution in [-0.2, 0) is 0 Å². The summed E-state index contributed by atoms with van der Waals surface area (Å²) in [4.78, 5) is 2.33. The van der Waals surface area contributed by atoms with Crippen molar-refractivity contribution in [3.05, 3.63) is 188 Å². The molecule has 0 atom stereocenters. The lowest BCUT2D eigenvalue weighted by Gasteiger charge is -2.26. The molecular formula is C48H31N. The van der Waals surface area contributed by atoms with Gasteiger partial charge in [0.1, 0.15) is 0 Å². The Hall–Kier alpha value is -6.44. The third kappa shape index (κ3) is 4.40. The van der Waals surface area contributed by atoms with E-state index in [9.17, 15) is 0 Å². The largest absolute Gasteiger partial charge is 0.311 e. The van der Waals surface area contributed by atoms with Gasteiger partial charge < -0.3 is 4.90 Å². The quantitative estimate of drug-likeness (QED) is 0.185. The summed E-state index contributed by atoms with van der Waals surface area (Å²) >= 11 is 0. The molecule has 49 heavy (non-hydrogen) atoms. The van der Waals surface area contributed by atoms with Crippen LogP contribution < -0.4 is 4.90 Å². The Balaban J connectivity index is 1.07. The van der Waals surface area contributed by atoms with Crippen LogP contribution in [0.5, 0.6) is 0 Å². The number of fused-ring (bicyclic) bond motifs is 4. The molecular weight excluding hydrogens is 591 g/mol. The Morgan fingerprint density at radius 1 is 0.224 bits per heavy atom. The van der Waals surface area contributed by atoms with E-state index in [2.05, 4.69) is 193 Å². The molecule has 1 nitrogen and oxygen atoms in total. The van der Waals surface area contributed by atoms with E-state index in [1.165, 1.54) is 77.9 Å². The molecule has 0 unspecified atom stereocenters. The summed E-state index contributed by atoms with van der Waals surface area (Å²) in [6.45, 7) is 0. The molecule has 0 amide bonds. The van der Waals surface area contributed by atoms with E-state index in [4.69, 9.17) is 0 Å². The number of para-hydroxylation sites is 1. The fraction of sp³-hybridized carbons (Fsp3) is 0. The molecule has 0 radical (unpaired) electrons. The zero-order valence-corrected chi connectivity index (χ0v) is 26.8. The molecule has 6 bridgehead atoms. The zero-order chi connectivity index (χ0) is 32.3. The predicted octanol–water partition coefficient (Wildman–Crippen LogP) is 13.5. The lowest BCUT2D eigenvalue weighted by atomic mass is 9.83. The molecule has 0 saturated heterocycles. The van der Waals surface area contributed by atoms with Gasteiger partial charge in [-0.2, -0.15) is 0 Å². The SMILES string of the molecule is c1ccc(-c2ccc(N(c3ccccc3)c3ccc(-c4ccc5c(c4)-c4c6cccc4-c4cccc-5c4-c4ccccc4-6)cc3)cc2)cc1. The van der Waals surface area contributed by atoms with E-state index >= 15 is 0 Å². The molecule has 0 spiro atoms. The number of benzene rings is 8. The molecule has 8 aromatic carbocycles. The molecule has 0 aromatic heterocycles. The highest BCUT2D eigenvalue weighted by Crippen LogP contribution is 2.57. The Morgan fingerprint density at radius 2 is 0.612 bits per heavy atom. The molecule has 0 saturated carbocycles. The minimum atomic E-state index is 1.12. The van der Waals surface area contributed by atoms with E-state index in [1.807, 2.05) is 0 Å². The van der Waals surface area contributed by atoms with E-state index in [0.717, 1.165) is 17.1 Å². The molecule has 0 aliphatic heterocycles. The van der Waals surface area contributed by atoms with Crippen molar-refractivity contribution in [1.29, 1.82) is 0 Å². The first kappa shape index (κ1) is 27.7. The van der Waals surface area contributed by atoms with Crippen LogP contribution in [0.3, 0.4) is 0 Å². The van der Waals surface area contributed by atoms with Crippen LogP contribution in [0.4, 0.5) is 17.1 Å². The van der Waals surface area contributed by atoms with E-state index in [0.29, 0.717) is 0 Å². The molecule has 2 aliphatic rings. The summed E-state index contributed by atoms with van der Waals surface area (Å²) in [6, 6.07) is 68.6. The number of hydrogen-bond donors (Lipinski definition) is 0. The van der Waals surface area contributed by atoms with Gasteiger partial charge in [0.05, 0.1) is 0 Å². The Morgan fingerprint density at radius 3 is 1.22 bits per heavy atom. The third-order valence-electron chi connectivity index (χ3n) is 10.2. The van der Waals surface area contributed by atoms with Gasteiger partial charge in [0.25, 0.3) is 0 Å². The lowest BCUT2D eigenvalue weighted by molar-refractivity contribution is 1.28. The summed E-state index contributed by atoms with van der Waals surface area (Å²) < 4.78 is 0. The summed E-state index contributed by atoms with van der Waals surface area (Å²) in [6.07, 6.45) is 0. The molecule has 2 aliphatic carbocycles. The maximum atomic E-state index is 2.41. The van der Waals surface area contributed by atoms with Crippen molar-refractivity contribution < 1.29 is 0 Å². The first-order valence-corrected chi connectivity index (χ1v) is 16.9. The van der Waals surface area contributed by atoms with Gasteiger partial charge in [0, 0.05) is 17.1 Å². The average Bonchev–Trinajstić information content (AvgIpc) is 3.29. The van der Waals surface area contributed by atoms with Crippen molar-refractivity contribution >= 4 is 17.1 Å². The highest BCUT2D eigenvalue weighted by Gasteiger charge is 2.30. The number of anilines is 3. The topological polar surface area (TPSA) is 3.24 Å². The third-order valence-corrected chi connectivity index (χ3v) is 10.2. The normalized spacial score (nSPS) is 11.7. The average molecular weight is 622 g/mol. The molecule has 10 rings (SSSR count). The van der Waals surface area contributed by atoms with E-state index < -0.39 is 0 Å². The highest BCUT2D eigenvalue weighted by molar-refractivity contribution is 6.15. The Kier molecular flexibility index (Phi) is 6.25. The summed E-state index contributed by atoms with van der Waals surface area (Å²) in [7, 11) is 0. The molecule has 0 fully saturated rings. The Bertz CT molecular complexity index is 2490. The van der Waals surface area contributed by atoms with Crippen molar-refractivity contribution in [2.75, 3.05) is 4.90 Å². The molecule has 8 aromatic rings. The molecule has 0 heterocycles. The number of rotatable bonds is 5. The monoisotopic (exact) mass is 621 g/mol. The van der Waals surface area contributed by atoms with Crippen LogP contribution in [0.1, 0.15) is 0 Å². The maximum Gasteiger partial charge on any atom is 0.0462 e. The van der Waals surface area contributed by atoms with Crippen molar-refractivity contribution in [1.82, 2.24) is 0 Å². The smallest absolute Gasteiger partial charge is 0.0462 e. The van der Waals surface area contributed by atoms with Crippen molar-refractivity contribution in [3.63, 3.8) is 0 Å². The van der Waals surface area contributed by atoms with Gasteiger partial charge in [-0.25, -0.2) is 0 Å². The Labute approximate surface area is 287 Å². The summed E-state index contributed by atoms with van der Waals surface area (Å²) in [5.41, 5.74) is 21.4. The van der Waals surface area contributed by atoms with Gasteiger partial charge in [0.2, 0.25) is 0 Å². The van der Waals surface area contributed by atoms with Gasteiger partial charge in [0.15, 0.2) is 0 Å². The minimum absolute atomic E-state index is 1.12. The first-order valence-electron chi connectivity index (χ1n) is 16.9. The van der Waals surface area contributed by atoms with Crippen LogP contribution in [0.2, 0.25) is 0 Å². The summed E-state index contributed by atoms with van der Waals surface area (Å²) in [5.74, 6) is 0. The van der Waals surface area contributed by atoms with Crippen LogP contribution in [0.15, 0.2) is 188 Å². The minimum Gasteiger partial charge on any atom is -0.311 e. The highest BCUT2D eigenvalue weighted by atomic mass is 15.1. The molecule has 228 valence electrons. The van der Waals surface area contributed by atoms with Crippen molar-refractivity contribution in [2.24, 2.45) is 0 Å². The predicted molar refractivity (Wildman–Crippen MR) is 206 cm³/mol. The standard InChI is InChI=1S/C48H31N/c1-3-11-32(12-4-1)33-21-26-37(27-22-33)49(36-13-5-2-6-14-36)38-28-23-34(24-29-38)35-25-30-40-43-18-10-19-44-45-20-9-17-42(48(45)46(40)31-35)39-15-7-8-16-41(39)47(43)44/h1-31H. The van der Waals surface area contributed by atoms with Crippen molar-refractivity contribution in [2.45, 2.75) is 0 Å². The maximum absolute atomic E-state index is 2.41. The van der Waals surface area contributed by atoms with Gasteiger partial charge in [-0.05, 0) is 120 Å². The fourth-order valence-corrected chi connectivity index (χ4v) is 7.95. The lowest BCUT2D eigenvalue weighted by Crippen LogP contribution is -2.09. The zero-order valence-electron chi connectivity index (χ0n) is 26.8. The second-order valence-corrected chi connectivity index (χ2v) is 12.9. The second kappa shape index (κ2) is 11.1. The van der Waals surface area contributed by atoms with Gasteiger partial charge in [-0.15, -0.1) is 0 Å². The fourth-order valence-electron chi connectivity index (χ4n) is 7.95. The van der Waals surface area contributed by atoms with Crippen molar-refractivity contribution in [3.8, 4) is 77.9 Å². The van der Waals surface area contributed by atoms with Crippen LogP contribution >= 0.6 is 0 Å². The second-order valence-electron chi connectivity index (χ2n) is 12.9. The first-order chi connectivity index (χ1) is 24.3. The van der Waals surface area contributed by atoms with Crippen LogP contribution in [0.25, 0.3) is 77.9 Å². The van der Waals surface area contributed by atoms with Gasteiger partial charge in [-0.1, -0.05) is 146 Å². The van der Waals surface area contributed by atoms with E-state index in [-0.39, 0.29) is 0 Å². The number of nitrogens with zero attached hydrogens (tertiary/aromatic N) is 1. The van der Waals surface area contributed by atoms with E-state index in [1.54, 1.807) is 0 Å². The number of hydrogen-bond acceptors (Lipinski definition) is 1. The molecule has 1 heteroatoms. The summed E-state index contributed by atoms with van der Waals surface area (Å²) in [5, 5.41) is 0. The van der Waals surface area contributed by atoms with Gasteiger partial charge >= 0.3 is 0 Å². The van der Waals surface area contributed by atoms with Crippen LogP contribution in [-0.4, -0.2) is 0 Å².